The molecule has 0 radical (unpaired) electrons. The summed E-state index contributed by atoms with van der Waals surface area (Å²) in [5.41, 5.74) is 1.15. The fourth-order valence-corrected chi connectivity index (χ4v) is 3.89. The second-order valence-corrected chi connectivity index (χ2v) is 6.79. The average molecular weight is 442 g/mol. The number of thiophene rings is 1. The van der Waals surface area contributed by atoms with E-state index in [2.05, 4.69) is 60.8 Å². The zero-order chi connectivity index (χ0) is 13.7. The summed E-state index contributed by atoms with van der Waals surface area (Å²) in [6, 6.07) is 8.31. The molecule has 0 bridgehead atoms. The van der Waals surface area contributed by atoms with Crippen LogP contribution in [0, 0.1) is 0 Å². The van der Waals surface area contributed by atoms with Gasteiger partial charge in [0.2, 0.25) is 0 Å². The first kappa shape index (κ1) is 18.0. The molecule has 0 fully saturated rings. The fraction of sp³-hybridized carbons (Fsp3) is 0.286. The van der Waals surface area contributed by atoms with Crippen LogP contribution in [0.1, 0.15) is 17.4 Å². The normalized spacial score (nSPS) is 10.2. The first-order chi connectivity index (χ1) is 9.20. The van der Waals surface area contributed by atoms with Crippen LogP contribution in [0.4, 0.5) is 0 Å². The molecule has 0 aliphatic heterocycles. The summed E-state index contributed by atoms with van der Waals surface area (Å²) in [6.45, 7) is 4.33. The van der Waals surface area contributed by atoms with Crippen LogP contribution in [-0.4, -0.2) is 6.61 Å². The minimum absolute atomic E-state index is 0. The fourth-order valence-electron chi connectivity index (χ4n) is 1.78. The Kier molecular flexibility index (Phi) is 8.14. The lowest BCUT2D eigenvalue weighted by Crippen LogP contribution is -2.13. The van der Waals surface area contributed by atoms with Crippen molar-refractivity contribution >= 4 is 55.6 Å². The van der Waals surface area contributed by atoms with E-state index in [-0.39, 0.29) is 12.4 Å². The third kappa shape index (κ3) is 5.04. The Hall–Kier alpha value is -0.0700. The van der Waals surface area contributed by atoms with Gasteiger partial charge >= 0.3 is 0 Å². The predicted octanol–water partition coefficient (Wildman–Crippen LogP) is 5.38. The Morgan fingerprint density at radius 3 is 2.70 bits per heavy atom. The Morgan fingerprint density at radius 2 is 2.05 bits per heavy atom. The molecule has 2 aromatic rings. The topological polar surface area (TPSA) is 21.3 Å². The van der Waals surface area contributed by atoms with Crippen LogP contribution in [0.15, 0.2) is 38.6 Å². The third-order valence-electron chi connectivity index (χ3n) is 2.57. The van der Waals surface area contributed by atoms with E-state index in [0.717, 1.165) is 33.3 Å². The van der Waals surface area contributed by atoms with Crippen LogP contribution >= 0.6 is 55.6 Å². The molecule has 0 atom stereocenters. The summed E-state index contributed by atoms with van der Waals surface area (Å²) < 4.78 is 7.74. The van der Waals surface area contributed by atoms with Gasteiger partial charge < -0.3 is 10.1 Å². The van der Waals surface area contributed by atoms with Crippen LogP contribution in [0.5, 0.6) is 5.75 Å². The van der Waals surface area contributed by atoms with E-state index in [1.807, 2.05) is 13.0 Å². The quantitative estimate of drug-likeness (QED) is 0.650. The summed E-state index contributed by atoms with van der Waals surface area (Å²) in [6.07, 6.45) is 0. The molecule has 110 valence electrons. The number of hydrogen-bond acceptors (Lipinski definition) is 3. The summed E-state index contributed by atoms with van der Waals surface area (Å²) in [7, 11) is 0. The lowest BCUT2D eigenvalue weighted by Gasteiger charge is -2.13. The summed E-state index contributed by atoms with van der Waals surface area (Å²) in [4.78, 5) is 1.34. The lowest BCUT2D eigenvalue weighted by molar-refractivity contribution is 0.333. The molecule has 6 heteroatoms. The molecular formula is C14H16Br2ClNOS. The molecule has 2 nitrogen and oxygen atoms in total. The molecule has 0 aliphatic rings. The van der Waals surface area contributed by atoms with Crippen molar-refractivity contribution in [2.75, 3.05) is 6.61 Å². The molecule has 0 amide bonds. The first-order valence-electron chi connectivity index (χ1n) is 6.04. The van der Waals surface area contributed by atoms with Gasteiger partial charge in [0, 0.05) is 28.0 Å². The van der Waals surface area contributed by atoms with Crippen LogP contribution in [0.25, 0.3) is 0 Å². The van der Waals surface area contributed by atoms with Crippen LogP contribution in [0.2, 0.25) is 0 Å². The second-order valence-electron chi connectivity index (χ2n) is 3.99. The summed E-state index contributed by atoms with van der Waals surface area (Å²) >= 11 is 8.83. The van der Waals surface area contributed by atoms with Gasteiger partial charge in [-0.05, 0) is 46.4 Å². The van der Waals surface area contributed by atoms with Gasteiger partial charge in [-0.2, -0.15) is 0 Å². The highest BCUT2D eigenvalue weighted by Gasteiger charge is 2.09. The zero-order valence-corrected chi connectivity index (χ0v) is 15.8. The highest BCUT2D eigenvalue weighted by Crippen LogP contribution is 2.33. The molecule has 0 aliphatic carbocycles. The maximum absolute atomic E-state index is 5.71. The van der Waals surface area contributed by atoms with Crippen molar-refractivity contribution in [3.8, 4) is 5.75 Å². The maximum atomic E-state index is 5.71. The van der Waals surface area contributed by atoms with Crippen LogP contribution in [0.3, 0.4) is 0 Å². The molecule has 1 aromatic heterocycles. The molecule has 20 heavy (non-hydrogen) atoms. The average Bonchev–Trinajstić information content (AvgIpc) is 2.86. The van der Waals surface area contributed by atoms with Crippen molar-refractivity contribution in [2.24, 2.45) is 0 Å². The van der Waals surface area contributed by atoms with Crippen molar-refractivity contribution in [1.82, 2.24) is 5.32 Å². The van der Waals surface area contributed by atoms with E-state index in [4.69, 9.17) is 4.74 Å². The highest BCUT2D eigenvalue weighted by atomic mass is 79.9. The van der Waals surface area contributed by atoms with Gasteiger partial charge in [0.15, 0.2) is 0 Å². The van der Waals surface area contributed by atoms with E-state index in [1.54, 1.807) is 11.3 Å². The standard InChI is InChI=1S/C14H15Br2NOS.ClH/c1-2-18-14-10(6-11(15)7-13(14)16)8-17-9-12-4-3-5-19-12;/h3-7,17H,2,8-9H2,1H3;1H. The molecule has 0 saturated carbocycles. The monoisotopic (exact) mass is 439 g/mol. The van der Waals surface area contributed by atoms with Crippen LogP contribution < -0.4 is 10.1 Å². The number of benzene rings is 1. The van der Waals surface area contributed by atoms with Gasteiger partial charge in [0.05, 0.1) is 11.1 Å². The largest absolute Gasteiger partial charge is 0.492 e. The van der Waals surface area contributed by atoms with Crippen molar-refractivity contribution in [1.29, 1.82) is 0 Å². The lowest BCUT2D eigenvalue weighted by atomic mass is 10.2. The molecule has 1 heterocycles. The predicted molar refractivity (Wildman–Crippen MR) is 95.1 cm³/mol. The first-order valence-corrected chi connectivity index (χ1v) is 8.51. The van der Waals surface area contributed by atoms with Crippen molar-refractivity contribution < 1.29 is 4.74 Å². The summed E-state index contributed by atoms with van der Waals surface area (Å²) in [5.74, 6) is 0.921. The Bertz CT molecular complexity index is 534. The van der Waals surface area contributed by atoms with Crippen molar-refractivity contribution in [2.45, 2.75) is 20.0 Å². The van der Waals surface area contributed by atoms with Gasteiger partial charge in [-0.15, -0.1) is 23.7 Å². The van der Waals surface area contributed by atoms with Gasteiger partial charge in [-0.3, -0.25) is 0 Å². The molecule has 2 rings (SSSR count). The number of rotatable bonds is 6. The SMILES string of the molecule is CCOc1c(Br)cc(Br)cc1CNCc1cccs1.Cl. The Balaban J connectivity index is 0.00000200. The molecule has 0 saturated heterocycles. The Labute approximate surface area is 146 Å². The minimum Gasteiger partial charge on any atom is -0.492 e. The molecule has 1 N–H and O–H groups in total. The zero-order valence-electron chi connectivity index (χ0n) is 11.0. The minimum atomic E-state index is 0. The number of halogens is 3. The molecule has 0 spiro atoms. The maximum Gasteiger partial charge on any atom is 0.138 e. The second kappa shape index (κ2) is 9.05. The van der Waals surface area contributed by atoms with Crippen LogP contribution in [-0.2, 0) is 13.1 Å². The van der Waals surface area contributed by atoms with Gasteiger partial charge in [-0.25, -0.2) is 0 Å². The van der Waals surface area contributed by atoms with Gasteiger partial charge in [0.25, 0.3) is 0 Å². The summed E-state index contributed by atoms with van der Waals surface area (Å²) in [5, 5.41) is 5.54. The number of hydrogen-bond donors (Lipinski definition) is 1. The van der Waals surface area contributed by atoms with E-state index in [0.29, 0.717) is 6.61 Å². The number of ether oxygens (including phenoxy) is 1. The van der Waals surface area contributed by atoms with Gasteiger partial charge in [0.1, 0.15) is 5.75 Å². The van der Waals surface area contributed by atoms with E-state index in [9.17, 15) is 0 Å². The molecule has 1 aromatic carbocycles. The van der Waals surface area contributed by atoms with Crippen molar-refractivity contribution in [3.63, 3.8) is 0 Å². The van der Waals surface area contributed by atoms with Crippen molar-refractivity contribution in [3.05, 3.63) is 49.0 Å². The highest BCUT2D eigenvalue weighted by molar-refractivity contribution is 9.11. The number of nitrogens with one attached hydrogen (secondary N) is 1. The third-order valence-corrected chi connectivity index (χ3v) is 4.49. The van der Waals surface area contributed by atoms with E-state index < -0.39 is 0 Å². The van der Waals surface area contributed by atoms with E-state index >= 15 is 0 Å². The molecular weight excluding hydrogens is 425 g/mol. The smallest absolute Gasteiger partial charge is 0.138 e. The molecule has 0 unspecified atom stereocenters. The van der Waals surface area contributed by atoms with E-state index in [1.165, 1.54) is 4.88 Å². The Morgan fingerprint density at radius 1 is 1.25 bits per heavy atom. The van der Waals surface area contributed by atoms with Gasteiger partial charge in [-0.1, -0.05) is 22.0 Å².